The second kappa shape index (κ2) is 7.28. The Morgan fingerprint density at radius 2 is 1.74 bits per heavy atom. The van der Waals surface area contributed by atoms with Crippen molar-refractivity contribution in [2.24, 2.45) is 0 Å². The van der Waals surface area contributed by atoms with E-state index in [1.54, 1.807) is 18.2 Å². The van der Waals surface area contributed by atoms with Gasteiger partial charge in [-0.05, 0) is 43.3 Å². The fourth-order valence-corrected chi connectivity index (χ4v) is 4.31. The van der Waals surface area contributed by atoms with Crippen LogP contribution in [0.3, 0.4) is 0 Å². The summed E-state index contributed by atoms with van der Waals surface area (Å²) in [6.45, 7) is 5.19. The molecule has 0 amide bonds. The van der Waals surface area contributed by atoms with E-state index in [-0.39, 0.29) is 4.90 Å². The maximum Gasteiger partial charge on any atom is 0.262 e. The summed E-state index contributed by atoms with van der Waals surface area (Å²) in [6, 6.07) is 12.3. The minimum absolute atomic E-state index is 0.137. The largest absolute Gasteiger partial charge is 0.486 e. The molecule has 0 aliphatic carbocycles. The smallest absolute Gasteiger partial charge is 0.262 e. The van der Waals surface area contributed by atoms with Gasteiger partial charge >= 0.3 is 0 Å². The number of ether oxygens (including phenoxy) is 3. The third-order valence-corrected chi connectivity index (χ3v) is 6.02. The first-order chi connectivity index (χ1) is 13.0. The SMILES string of the molecule is CC1COCCN1c1ccc(NS(=O)(=O)c2ccc3c(c2)OCCO3)cc1. The lowest BCUT2D eigenvalue weighted by atomic mass is 10.2. The van der Waals surface area contributed by atoms with Crippen molar-refractivity contribution in [2.45, 2.75) is 17.9 Å². The van der Waals surface area contributed by atoms with Crippen LogP contribution in [-0.2, 0) is 14.8 Å². The zero-order valence-electron chi connectivity index (χ0n) is 15.1. The third-order valence-electron chi connectivity index (χ3n) is 4.64. The van der Waals surface area contributed by atoms with Crippen molar-refractivity contribution in [1.29, 1.82) is 0 Å². The van der Waals surface area contributed by atoms with Crippen molar-refractivity contribution >= 4 is 21.4 Å². The number of benzene rings is 2. The number of fused-ring (bicyclic) bond motifs is 1. The predicted octanol–water partition coefficient (Wildman–Crippen LogP) is 2.48. The minimum Gasteiger partial charge on any atom is -0.486 e. The van der Waals surface area contributed by atoms with E-state index in [1.165, 1.54) is 12.1 Å². The van der Waals surface area contributed by atoms with E-state index in [1.807, 2.05) is 12.1 Å². The van der Waals surface area contributed by atoms with Crippen LogP contribution in [0.25, 0.3) is 0 Å². The van der Waals surface area contributed by atoms with Crippen molar-refractivity contribution in [2.75, 3.05) is 42.6 Å². The Bertz CT molecular complexity index is 914. The quantitative estimate of drug-likeness (QED) is 0.864. The lowest BCUT2D eigenvalue weighted by Gasteiger charge is -2.35. The van der Waals surface area contributed by atoms with Gasteiger partial charge in [-0.1, -0.05) is 0 Å². The van der Waals surface area contributed by atoms with Crippen LogP contribution >= 0.6 is 0 Å². The van der Waals surface area contributed by atoms with Crippen LogP contribution in [0, 0.1) is 0 Å². The Morgan fingerprint density at radius 3 is 2.48 bits per heavy atom. The van der Waals surface area contributed by atoms with E-state index in [4.69, 9.17) is 14.2 Å². The van der Waals surface area contributed by atoms with Gasteiger partial charge in [-0.3, -0.25) is 4.72 Å². The molecule has 0 saturated carbocycles. The first-order valence-corrected chi connectivity index (χ1v) is 10.4. The van der Waals surface area contributed by atoms with Gasteiger partial charge in [0.15, 0.2) is 11.5 Å². The molecule has 0 radical (unpaired) electrons. The summed E-state index contributed by atoms with van der Waals surface area (Å²) >= 11 is 0. The second-order valence-corrected chi connectivity index (χ2v) is 8.26. The van der Waals surface area contributed by atoms with E-state index in [0.717, 1.165) is 12.2 Å². The predicted molar refractivity (Wildman–Crippen MR) is 102 cm³/mol. The van der Waals surface area contributed by atoms with E-state index < -0.39 is 10.0 Å². The standard InChI is InChI=1S/C19H22N2O5S/c1-14-13-24-9-8-21(14)16-4-2-15(3-5-16)20-27(22,23)17-6-7-18-19(12-17)26-11-10-25-18/h2-7,12,14,20H,8-11,13H2,1H3. The second-order valence-electron chi connectivity index (χ2n) is 6.58. The molecule has 1 fully saturated rings. The normalized spacial score (nSPS) is 19.6. The fraction of sp³-hybridized carbons (Fsp3) is 0.368. The van der Waals surface area contributed by atoms with Gasteiger partial charge in [0.25, 0.3) is 10.0 Å². The number of hydrogen-bond donors (Lipinski definition) is 1. The maximum absolute atomic E-state index is 12.7. The molecule has 1 N–H and O–H groups in total. The monoisotopic (exact) mass is 390 g/mol. The van der Waals surface area contributed by atoms with Crippen LogP contribution in [0.4, 0.5) is 11.4 Å². The Kier molecular flexibility index (Phi) is 4.84. The van der Waals surface area contributed by atoms with Crippen molar-refractivity contribution in [3.63, 3.8) is 0 Å². The Labute approximate surface area is 158 Å². The molecule has 27 heavy (non-hydrogen) atoms. The number of rotatable bonds is 4. The van der Waals surface area contributed by atoms with Gasteiger partial charge in [0.05, 0.1) is 18.1 Å². The summed E-state index contributed by atoms with van der Waals surface area (Å²) in [5.74, 6) is 1.00. The highest BCUT2D eigenvalue weighted by Gasteiger charge is 2.21. The van der Waals surface area contributed by atoms with Gasteiger partial charge in [-0.15, -0.1) is 0 Å². The van der Waals surface area contributed by atoms with Crippen LogP contribution < -0.4 is 19.1 Å². The molecule has 2 aliphatic rings. The Balaban J connectivity index is 1.51. The summed E-state index contributed by atoms with van der Waals surface area (Å²) in [4.78, 5) is 2.39. The first kappa shape index (κ1) is 17.9. The molecule has 7 nitrogen and oxygen atoms in total. The van der Waals surface area contributed by atoms with Crippen molar-refractivity contribution in [1.82, 2.24) is 0 Å². The van der Waals surface area contributed by atoms with Crippen LogP contribution in [0.1, 0.15) is 6.92 Å². The van der Waals surface area contributed by atoms with Crippen LogP contribution in [0.5, 0.6) is 11.5 Å². The summed E-state index contributed by atoms with van der Waals surface area (Å²) in [6.07, 6.45) is 0. The average molecular weight is 390 g/mol. The van der Waals surface area contributed by atoms with Crippen molar-refractivity contribution < 1.29 is 22.6 Å². The van der Waals surface area contributed by atoms with E-state index in [9.17, 15) is 8.42 Å². The number of nitrogens with zero attached hydrogens (tertiary/aromatic N) is 1. The molecule has 1 atom stereocenters. The zero-order chi connectivity index (χ0) is 18.9. The molecule has 4 rings (SSSR count). The number of sulfonamides is 1. The molecule has 8 heteroatoms. The third kappa shape index (κ3) is 3.81. The topological polar surface area (TPSA) is 77.1 Å². The Hall–Kier alpha value is -2.45. The minimum atomic E-state index is -3.71. The molecular weight excluding hydrogens is 368 g/mol. The number of anilines is 2. The lowest BCUT2D eigenvalue weighted by Crippen LogP contribution is -2.43. The molecule has 0 spiro atoms. The van der Waals surface area contributed by atoms with Crippen molar-refractivity contribution in [3.8, 4) is 11.5 Å². The maximum atomic E-state index is 12.7. The Morgan fingerprint density at radius 1 is 1.00 bits per heavy atom. The van der Waals surface area contributed by atoms with Gasteiger partial charge < -0.3 is 19.1 Å². The van der Waals surface area contributed by atoms with Crippen LogP contribution in [-0.4, -0.2) is 47.4 Å². The summed E-state index contributed by atoms with van der Waals surface area (Å²) < 4.78 is 44.4. The van der Waals surface area contributed by atoms with E-state index in [0.29, 0.717) is 49.7 Å². The summed E-state index contributed by atoms with van der Waals surface area (Å²) in [7, 11) is -3.71. The van der Waals surface area contributed by atoms with E-state index >= 15 is 0 Å². The van der Waals surface area contributed by atoms with Crippen molar-refractivity contribution in [3.05, 3.63) is 42.5 Å². The van der Waals surface area contributed by atoms with Crippen LogP contribution in [0.15, 0.2) is 47.4 Å². The van der Waals surface area contributed by atoms with Gasteiger partial charge in [-0.2, -0.15) is 0 Å². The molecule has 2 heterocycles. The highest BCUT2D eigenvalue weighted by Crippen LogP contribution is 2.33. The molecule has 2 aliphatic heterocycles. The lowest BCUT2D eigenvalue weighted by molar-refractivity contribution is 0.0989. The van der Waals surface area contributed by atoms with Gasteiger partial charge in [0.1, 0.15) is 13.2 Å². The molecular formula is C19H22N2O5S. The van der Waals surface area contributed by atoms with Gasteiger partial charge in [0.2, 0.25) is 0 Å². The highest BCUT2D eigenvalue weighted by atomic mass is 32.2. The van der Waals surface area contributed by atoms with Crippen LogP contribution in [0.2, 0.25) is 0 Å². The zero-order valence-corrected chi connectivity index (χ0v) is 15.9. The first-order valence-electron chi connectivity index (χ1n) is 8.90. The average Bonchev–Trinajstić information content (AvgIpc) is 2.68. The summed E-state index contributed by atoms with van der Waals surface area (Å²) in [5, 5.41) is 0. The molecule has 1 unspecified atom stereocenters. The molecule has 144 valence electrons. The van der Waals surface area contributed by atoms with Gasteiger partial charge in [-0.25, -0.2) is 8.42 Å². The molecule has 0 bridgehead atoms. The summed E-state index contributed by atoms with van der Waals surface area (Å²) in [5.41, 5.74) is 1.56. The fourth-order valence-electron chi connectivity index (χ4n) is 3.24. The van der Waals surface area contributed by atoms with E-state index in [2.05, 4.69) is 16.5 Å². The molecule has 0 aromatic heterocycles. The highest BCUT2D eigenvalue weighted by molar-refractivity contribution is 7.92. The molecule has 2 aromatic carbocycles. The number of hydrogen-bond acceptors (Lipinski definition) is 6. The molecule has 1 saturated heterocycles. The van der Waals surface area contributed by atoms with Gasteiger partial charge in [0, 0.05) is 30.0 Å². The number of morpholine rings is 1. The number of nitrogens with one attached hydrogen (secondary N) is 1. The molecule has 2 aromatic rings.